The van der Waals surface area contributed by atoms with E-state index in [4.69, 9.17) is 12.8 Å². The van der Waals surface area contributed by atoms with Crippen LogP contribution in [-0.2, 0) is 0 Å². The van der Waals surface area contributed by atoms with Crippen molar-refractivity contribution in [2.75, 3.05) is 0 Å². The highest BCUT2D eigenvalue weighted by Crippen LogP contribution is 2.16. The summed E-state index contributed by atoms with van der Waals surface area (Å²) in [6.07, 6.45) is 63.0. The average Bonchev–Trinajstić information content (AvgIpc) is 3.05. The van der Waals surface area contributed by atoms with Gasteiger partial charge in [-0.2, -0.15) is 0 Å². The fourth-order valence-corrected chi connectivity index (χ4v) is 5.91. The van der Waals surface area contributed by atoms with Crippen molar-refractivity contribution in [2.24, 2.45) is 0 Å². The van der Waals surface area contributed by atoms with Crippen LogP contribution in [0, 0.1) is 24.7 Å². The summed E-state index contributed by atoms with van der Waals surface area (Å²) in [5.74, 6) is 4.61. The lowest BCUT2D eigenvalue weighted by Crippen LogP contribution is -1.95. The summed E-state index contributed by atoms with van der Waals surface area (Å²) in [5, 5.41) is 18.5. The Hall–Kier alpha value is -1.74. The van der Waals surface area contributed by atoms with E-state index in [-0.39, 0.29) is 0 Å². The van der Waals surface area contributed by atoms with Gasteiger partial charge in [-0.05, 0) is 63.5 Å². The first-order valence-electron chi connectivity index (χ1n) is 19.5. The Morgan fingerprint density at radius 1 is 0.311 bits per heavy atom. The van der Waals surface area contributed by atoms with Crippen LogP contribution < -0.4 is 0 Å². The van der Waals surface area contributed by atoms with E-state index in [1.165, 1.54) is 186 Å². The quantitative estimate of drug-likeness (QED) is 0.0419. The molecular weight excluding hydrogens is 548 g/mol. The van der Waals surface area contributed by atoms with Gasteiger partial charge in [0.15, 0.2) is 0 Å². The number of aliphatic hydroxyl groups is 2. The van der Waals surface area contributed by atoms with Crippen LogP contribution in [0.4, 0.5) is 0 Å². The molecule has 0 radical (unpaired) electrons. The third-order valence-electron chi connectivity index (χ3n) is 8.88. The van der Waals surface area contributed by atoms with Crippen molar-refractivity contribution < 1.29 is 10.2 Å². The second-order valence-electron chi connectivity index (χ2n) is 13.3. The number of hydrogen-bond donors (Lipinski definition) is 2. The Morgan fingerprint density at radius 3 is 0.689 bits per heavy atom. The smallest absolute Gasteiger partial charge is 0.133 e. The molecule has 0 saturated carbocycles. The molecule has 0 amide bonds. The van der Waals surface area contributed by atoms with Gasteiger partial charge in [0.05, 0.1) is 0 Å². The largest absolute Gasteiger partial charge is 0.377 e. The highest BCUT2D eigenvalue weighted by molar-refractivity contribution is 5.06. The van der Waals surface area contributed by atoms with Gasteiger partial charge in [0, 0.05) is 0 Å². The van der Waals surface area contributed by atoms with E-state index in [1.807, 2.05) is 12.2 Å². The van der Waals surface area contributed by atoms with Gasteiger partial charge in [-0.1, -0.05) is 184 Å². The molecule has 0 aliphatic heterocycles. The number of aliphatic hydroxyl groups excluding tert-OH is 2. The molecule has 2 nitrogen and oxygen atoms in total. The molecule has 0 fully saturated rings. The van der Waals surface area contributed by atoms with Crippen LogP contribution in [-0.4, -0.2) is 22.4 Å². The van der Waals surface area contributed by atoms with Crippen LogP contribution in [0.15, 0.2) is 36.5 Å². The molecule has 0 aliphatic rings. The van der Waals surface area contributed by atoms with Crippen molar-refractivity contribution in [3.05, 3.63) is 36.5 Å². The lowest BCUT2D eigenvalue weighted by Gasteiger charge is -2.04. The average molecular weight is 623 g/mol. The minimum atomic E-state index is -0.719. The predicted molar refractivity (Wildman–Crippen MR) is 200 cm³/mol. The van der Waals surface area contributed by atoms with Gasteiger partial charge in [0.25, 0.3) is 0 Å². The minimum Gasteiger partial charge on any atom is -0.377 e. The first-order chi connectivity index (χ1) is 22.2. The summed E-state index contributed by atoms with van der Waals surface area (Å²) < 4.78 is 0. The molecule has 258 valence electrons. The van der Waals surface area contributed by atoms with E-state index in [9.17, 15) is 10.2 Å². The standard InChI is InChI=1S/C43H74O2/c1-3-42(44)40-38-36-34-32-30-28-26-24-22-20-18-16-14-12-10-8-6-5-7-9-11-13-15-17-19-21-23-25-27-29-31-33-35-37-39-41-43(45)4-2/h1-2,20,22,38-45H,5-19,21,23-37H2/b22-20+,40-38+,41-39-/t42-,43-/m0/s1. The summed E-state index contributed by atoms with van der Waals surface area (Å²) in [6, 6.07) is 0. The van der Waals surface area contributed by atoms with E-state index in [0.717, 1.165) is 12.8 Å². The normalized spacial score (nSPS) is 13.2. The van der Waals surface area contributed by atoms with Gasteiger partial charge in [-0.3, -0.25) is 0 Å². The van der Waals surface area contributed by atoms with Crippen LogP contribution >= 0.6 is 0 Å². The molecule has 0 bridgehead atoms. The molecule has 0 aromatic rings. The van der Waals surface area contributed by atoms with E-state index < -0.39 is 12.2 Å². The van der Waals surface area contributed by atoms with E-state index >= 15 is 0 Å². The Bertz CT molecular complexity index is 749. The monoisotopic (exact) mass is 623 g/mol. The Labute approximate surface area is 282 Å². The second kappa shape index (κ2) is 38.4. The number of allylic oxidation sites excluding steroid dienone is 4. The van der Waals surface area contributed by atoms with Crippen molar-refractivity contribution in [2.45, 2.75) is 211 Å². The van der Waals surface area contributed by atoms with Gasteiger partial charge in [0.2, 0.25) is 0 Å². The molecule has 45 heavy (non-hydrogen) atoms. The highest BCUT2D eigenvalue weighted by atomic mass is 16.3. The number of hydrogen-bond acceptors (Lipinski definition) is 2. The minimum absolute atomic E-state index is 0.712. The number of rotatable bonds is 35. The van der Waals surface area contributed by atoms with Gasteiger partial charge in [-0.25, -0.2) is 0 Å². The van der Waals surface area contributed by atoms with E-state index in [0.29, 0.717) is 0 Å². The third kappa shape index (κ3) is 38.4. The van der Waals surface area contributed by atoms with E-state index in [2.05, 4.69) is 24.0 Å². The molecule has 0 unspecified atom stereocenters. The van der Waals surface area contributed by atoms with E-state index in [1.54, 1.807) is 12.2 Å². The highest BCUT2D eigenvalue weighted by Gasteiger charge is 1.97. The molecule has 0 aromatic heterocycles. The van der Waals surface area contributed by atoms with Crippen molar-refractivity contribution in [3.8, 4) is 24.7 Å². The van der Waals surface area contributed by atoms with Crippen LogP contribution in [0.3, 0.4) is 0 Å². The number of unbranched alkanes of at least 4 members (excludes halogenated alkanes) is 29. The second-order valence-corrected chi connectivity index (χ2v) is 13.3. The van der Waals surface area contributed by atoms with Gasteiger partial charge < -0.3 is 10.2 Å². The molecule has 0 heterocycles. The molecule has 2 atom stereocenters. The zero-order valence-electron chi connectivity index (χ0n) is 29.6. The maximum Gasteiger partial charge on any atom is 0.133 e. The van der Waals surface area contributed by atoms with Crippen LogP contribution in [0.1, 0.15) is 199 Å². The molecule has 0 aromatic carbocycles. The fraction of sp³-hybridized carbons (Fsp3) is 0.767. The van der Waals surface area contributed by atoms with Gasteiger partial charge in [-0.15, -0.1) is 12.8 Å². The molecule has 2 heteroatoms. The van der Waals surface area contributed by atoms with Crippen LogP contribution in [0.2, 0.25) is 0 Å². The van der Waals surface area contributed by atoms with Crippen LogP contribution in [0.5, 0.6) is 0 Å². The van der Waals surface area contributed by atoms with Gasteiger partial charge in [0.1, 0.15) is 12.2 Å². The van der Waals surface area contributed by atoms with Crippen LogP contribution in [0.25, 0.3) is 0 Å². The topological polar surface area (TPSA) is 40.5 Å². The molecule has 0 rings (SSSR count). The Balaban J connectivity index is 3.15. The number of terminal acetylenes is 2. The maximum atomic E-state index is 9.26. The summed E-state index contributed by atoms with van der Waals surface area (Å²) >= 11 is 0. The molecule has 0 spiro atoms. The summed E-state index contributed by atoms with van der Waals surface area (Å²) in [5.41, 5.74) is 0. The zero-order valence-corrected chi connectivity index (χ0v) is 29.6. The SMILES string of the molecule is C#C[C@H](O)/C=C\CCCCCCCCCCCCCCCCCCCCCCCC/C=C/CCCCCCC/C=C/[C@@H](O)C#C. The Kier molecular flexibility index (Phi) is 37.0. The predicted octanol–water partition coefficient (Wildman–Crippen LogP) is 12.7. The first-order valence-corrected chi connectivity index (χ1v) is 19.5. The summed E-state index contributed by atoms with van der Waals surface area (Å²) in [6.45, 7) is 0. The van der Waals surface area contributed by atoms with Crippen molar-refractivity contribution >= 4 is 0 Å². The van der Waals surface area contributed by atoms with Crippen molar-refractivity contribution in [1.29, 1.82) is 0 Å². The van der Waals surface area contributed by atoms with Crippen molar-refractivity contribution in [1.82, 2.24) is 0 Å². The fourth-order valence-electron chi connectivity index (χ4n) is 5.91. The Morgan fingerprint density at radius 2 is 0.489 bits per heavy atom. The maximum absolute atomic E-state index is 9.26. The van der Waals surface area contributed by atoms with Gasteiger partial charge >= 0.3 is 0 Å². The first kappa shape index (κ1) is 43.3. The molecule has 0 aliphatic carbocycles. The lowest BCUT2D eigenvalue weighted by atomic mass is 10.0. The van der Waals surface area contributed by atoms with Crippen molar-refractivity contribution in [3.63, 3.8) is 0 Å². The zero-order chi connectivity index (χ0) is 32.7. The summed E-state index contributed by atoms with van der Waals surface area (Å²) in [4.78, 5) is 0. The third-order valence-corrected chi connectivity index (χ3v) is 8.88. The summed E-state index contributed by atoms with van der Waals surface area (Å²) in [7, 11) is 0. The molecule has 0 saturated heterocycles. The molecule has 2 N–H and O–H groups in total. The lowest BCUT2D eigenvalue weighted by molar-refractivity contribution is 0.280. The molecular formula is C43H74O2.